The van der Waals surface area contributed by atoms with Gasteiger partial charge in [0.05, 0.1) is 6.00 Å². The molecule has 0 amide bonds. The van der Waals surface area contributed by atoms with E-state index >= 15 is 0 Å². The molecule has 0 aromatic carbocycles. The van der Waals surface area contributed by atoms with Crippen molar-refractivity contribution in [3.05, 3.63) is 0 Å². The van der Waals surface area contributed by atoms with Crippen LogP contribution in [0, 0.1) is 0 Å². The number of likely N-dealkylation sites (N-methyl/N-ethyl adjacent to an activating group) is 1. The van der Waals surface area contributed by atoms with Crippen molar-refractivity contribution in [1.29, 1.82) is 0 Å². The monoisotopic (exact) mass is 164 g/mol. The maximum atomic E-state index is 5.44. The summed E-state index contributed by atoms with van der Waals surface area (Å²) in [6.07, 6.45) is 0. The third-order valence-electron chi connectivity index (χ3n) is 1.59. The van der Waals surface area contributed by atoms with Gasteiger partial charge in [0.1, 0.15) is 0 Å². The molecule has 0 atom stereocenters. The van der Waals surface area contributed by atoms with Crippen LogP contribution in [0.3, 0.4) is 0 Å². The zero-order valence-electron chi connectivity index (χ0n) is 6.86. The minimum absolute atomic E-state index is 0.557. The third-order valence-corrected chi connectivity index (χ3v) is 1.78. The Labute approximate surface area is 68.5 Å². The minimum Gasteiger partial charge on any atom is -0.303 e. The lowest BCUT2D eigenvalue weighted by Gasteiger charge is -2.17. The van der Waals surface area contributed by atoms with Gasteiger partial charge in [0, 0.05) is 13.1 Å². The summed E-state index contributed by atoms with van der Waals surface area (Å²) in [5.41, 5.74) is 0. The van der Waals surface area contributed by atoms with E-state index in [-0.39, 0.29) is 0 Å². The van der Waals surface area contributed by atoms with E-state index < -0.39 is 0 Å². The van der Waals surface area contributed by atoms with Gasteiger partial charge in [0.15, 0.2) is 0 Å². The average molecular weight is 165 g/mol. The first-order chi connectivity index (χ1) is 4.85. The lowest BCUT2D eigenvalue weighted by molar-refractivity contribution is 0.305. The number of nitrogens with one attached hydrogen (secondary N) is 1. The van der Waals surface area contributed by atoms with Crippen LogP contribution >= 0.6 is 11.6 Å². The summed E-state index contributed by atoms with van der Waals surface area (Å²) in [5, 5.41) is 3.07. The van der Waals surface area contributed by atoms with Crippen molar-refractivity contribution in [3.8, 4) is 0 Å². The molecule has 0 spiro atoms. The Morgan fingerprint density at radius 2 is 1.90 bits per heavy atom. The molecule has 0 radical (unpaired) electrons. The average Bonchev–Trinajstić information content (AvgIpc) is 1.99. The van der Waals surface area contributed by atoms with E-state index in [1.54, 1.807) is 0 Å². The highest BCUT2D eigenvalue weighted by molar-refractivity contribution is 6.17. The lowest BCUT2D eigenvalue weighted by Crippen LogP contribution is -2.31. The maximum absolute atomic E-state index is 5.44. The molecule has 0 aliphatic rings. The molecule has 0 fully saturated rings. The molecule has 0 aliphatic carbocycles. The minimum atomic E-state index is 0.557. The summed E-state index contributed by atoms with van der Waals surface area (Å²) in [5.74, 6) is 0. The summed E-state index contributed by atoms with van der Waals surface area (Å²) >= 11 is 5.44. The van der Waals surface area contributed by atoms with Crippen LogP contribution in [0.15, 0.2) is 0 Å². The van der Waals surface area contributed by atoms with Crippen molar-refractivity contribution >= 4 is 11.6 Å². The van der Waals surface area contributed by atoms with Gasteiger partial charge in [0.25, 0.3) is 0 Å². The smallest absolute Gasteiger partial charge is 0.0713 e. The molecule has 3 heteroatoms. The molecule has 0 heterocycles. The Hall–Kier alpha value is 0.210. The quantitative estimate of drug-likeness (QED) is 0.360. The standard InChI is InChI=1S/C7H17ClN2/c1-3-10(4-2)6-5-9-7-8/h9H,3-7H2,1-2H3. The first-order valence-electron chi connectivity index (χ1n) is 3.84. The first kappa shape index (κ1) is 10.2. The van der Waals surface area contributed by atoms with Gasteiger partial charge in [-0.1, -0.05) is 13.8 Å². The number of hydrogen-bond acceptors (Lipinski definition) is 2. The van der Waals surface area contributed by atoms with Gasteiger partial charge in [-0.15, -0.1) is 11.6 Å². The fourth-order valence-electron chi connectivity index (χ4n) is 0.844. The fraction of sp³-hybridized carbons (Fsp3) is 1.00. The van der Waals surface area contributed by atoms with E-state index in [1.807, 2.05) is 0 Å². The van der Waals surface area contributed by atoms with E-state index in [0.717, 1.165) is 26.2 Å². The highest BCUT2D eigenvalue weighted by Gasteiger charge is 1.95. The zero-order chi connectivity index (χ0) is 7.82. The zero-order valence-corrected chi connectivity index (χ0v) is 7.62. The highest BCUT2D eigenvalue weighted by atomic mass is 35.5. The van der Waals surface area contributed by atoms with Crippen molar-refractivity contribution in [1.82, 2.24) is 10.2 Å². The summed E-state index contributed by atoms with van der Waals surface area (Å²) in [6.45, 7) is 8.68. The van der Waals surface area contributed by atoms with Crippen LogP contribution in [0.4, 0.5) is 0 Å². The van der Waals surface area contributed by atoms with Gasteiger partial charge < -0.3 is 10.2 Å². The summed E-state index contributed by atoms with van der Waals surface area (Å²) in [6, 6.07) is 0.557. The number of alkyl halides is 1. The molecule has 0 aliphatic heterocycles. The predicted octanol–water partition coefficient (Wildman–Crippen LogP) is 1.11. The van der Waals surface area contributed by atoms with Crippen LogP contribution in [0.1, 0.15) is 13.8 Å². The summed E-state index contributed by atoms with van der Waals surface area (Å²) in [7, 11) is 0. The molecule has 10 heavy (non-hydrogen) atoms. The first-order valence-corrected chi connectivity index (χ1v) is 4.37. The van der Waals surface area contributed by atoms with Gasteiger partial charge in [-0.2, -0.15) is 0 Å². The van der Waals surface area contributed by atoms with Crippen molar-refractivity contribution in [2.75, 3.05) is 32.2 Å². The van der Waals surface area contributed by atoms with Crippen molar-refractivity contribution in [2.45, 2.75) is 13.8 Å². The van der Waals surface area contributed by atoms with E-state index in [9.17, 15) is 0 Å². The molecule has 0 bridgehead atoms. The molecule has 1 N–H and O–H groups in total. The van der Waals surface area contributed by atoms with Gasteiger partial charge in [-0.25, -0.2) is 0 Å². The van der Waals surface area contributed by atoms with Crippen molar-refractivity contribution in [3.63, 3.8) is 0 Å². The highest BCUT2D eigenvalue weighted by Crippen LogP contribution is 1.83. The molecule has 0 aromatic heterocycles. The summed E-state index contributed by atoms with van der Waals surface area (Å²) < 4.78 is 0. The molecule has 0 unspecified atom stereocenters. The van der Waals surface area contributed by atoms with Gasteiger partial charge in [0.2, 0.25) is 0 Å². The second kappa shape index (κ2) is 7.32. The van der Waals surface area contributed by atoms with Crippen LogP contribution in [0.2, 0.25) is 0 Å². The molecular formula is C7H17ClN2. The lowest BCUT2D eigenvalue weighted by atomic mass is 10.5. The van der Waals surface area contributed by atoms with Crippen LogP contribution in [0.25, 0.3) is 0 Å². The van der Waals surface area contributed by atoms with E-state index in [4.69, 9.17) is 11.6 Å². The van der Waals surface area contributed by atoms with Crippen molar-refractivity contribution < 1.29 is 0 Å². The van der Waals surface area contributed by atoms with E-state index in [0.29, 0.717) is 6.00 Å². The Morgan fingerprint density at radius 3 is 2.30 bits per heavy atom. The Balaban J connectivity index is 3.09. The second-order valence-corrected chi connectivity index (χ2v) is 2.43. The largest absolute Gasteiger partial charge is 0.303 e. The van der Waals surface area contributed by atoms with Crippen LogP contribution < -0.4 is 5.32 Å². The molecular weight excluding hydrogens is 148 g/mol. The molecule has 0 saturated carbocycles. The molecule has 0 saturated heterocycles. The van der Waals surface area contributed by atoms with E-state index in [2.05, 4.69) is 24.1 Å². The Morgan fingerprint density at radius 1 is 1.30 bits per heavy atom. The molecule has 0 aromatic rings. The maximum Gasteiger partial charge on any atom is 0.0713 e. The fourth-order valence-corrected chi connectivity index (χ4v) is 0.977. The number of hydrogen-bond donors (Lipinski definition) is 1. The second-order valence-electron chi connectivity index (χ2n) is 2.16. The number of halogens is 1. The third kappa shape index (κ3) is 5.03. The molecule has 2 nitrogen and oxygen atoms in total. The van der Waals surface area contributed by atoms with Gasteiger partial charge in [-0.3, -0.25) is 0 Å². The van der Waals surface area contributed by atoms with Gasteiger partial charge in [-0.05, 0) is 13.1 Å². The van der Waals surface area contributed by atoms with Gasteiger partial charge >= 0.3 is 0 Å². The molecule has 0 rings (SSSR count). The predicted molar refractivity (Wildman–Crippen MR) is 46.5 cm³/mol. The topological polar surface area (TPSA) is 15.3 Å². The van der Waals surface area contributed by atoms with Crippen LogP contribution in [-0.4, -0.2) is 37.1 Å². The molecule has 62 valence electrons. The van der Waals surface area contributed by atoms with Crippen molar-refractivity contribution in [2.24, 2.45) is 0 Å². The van der Waals surface area contributed by atoms with Crippen LogP contribution in [-0.2, 0) is 0 Å². The number of rotatable bonds is 6. The Bertz CT molecular complexity index is 64.6. The number of nitrogens with zero attached hydrogens (tertiary/aromatic N) is 1. The Kier molecular flexibility index (Phi) is 7.47. The van der Waals surface area contributed by atoms with E-state index in [1.165, 1.54) is 0 Å². The SMILES string of the molecule is CCN(CC)CCNCCl. The normalized spacial score (nSPS) is 10.8. The summed E-state index contributed by atoms with van der Waals surface area (Å²) in [4.78, 5) is 2.36. The van der Waals surface area contributed by atoms with Crippen LogP contribution in [0.5, 0.6) is 0 Å².